The minimum absolute atomic E-state index is 0.335. The van der Waals surface area contributed by atoms with Crippen LogP contribution in [-0.2, 0) is 4.74 Å². The summed E-state index contributed by atoms with van der Waals surface area (Å²) in [6.07, 6.45) is -0.219. The van der Waals surface area contributed by atoms with Crippen molar-refractivity contribution in [2.75, 3.05) is 6.61 Å². The molecule has 3 heterocycles. The second-order valence-electron chi connectivity index (χ2n) is 4.37. The van der Waals surface area contributed by atoms with E-state index in [1.54, 1.807) is 10.6 Å². The first-order valence-corrected chi connectivity index (χ1v) is 5.77. The van der Waals surface area contributed by atoms with Gasteiger partial charge in [-0.1, -0.05) is 6.07 Å². The third kappa shape index (κ3) is 1.62. The highest BCUT2D eigenvalue weighted by Gasteiger charge is 2.44. The fraction of sp³-hybridized carbons (Fsp3) is 0.417. The number of ether oxygens (including phenoxy) is 1. The Morgan fingerprint density at radius 1 is 1.28 bits per heavy atom. The van der Waals surface area contributed by atoms with E-state index in [1.807, 2.05) is 24.4 Å². The topological polar surface area (TPSA) is 87.2 Å². The average molecular weight is 250 g/mol. The molecule has 2 aromatic heterocycles. The summed E-state index contributed by atoms with van der Waals surface area (Å²) in [5.74, 6) is 0.521. The SMILES string of the molecule is OCC1OC(c2ncc3ccccn23)C(O)C1O. The van der Waals surface area contributed by atoms with Crippen molar-refractivity contribution in [2.24, 2.45) is 0 Å². The second kappa shape index (κ2) is 4.33. The number of imidazole rings is 1. The predicted octanol–water partition coefficient (Wildman–Crippen LogP) is -0.512. The lowest BCUT2D eigenvalue weighted by Crippen LogP contribution is -2.32. The van der Waals surface area contributed by atoms with Crippen LogP contribution in [0, 0.1) is 0 Å². The van der Waals surface area contributed by atoms with Crippen LogP contribution in [0.15, 0.2) is 30.6 Å². The molecular formula is C12H14N2O4. The van der Waals surface area contributed by atoms with E-state index < -0.39 is 24.4 Å². The van der Waals surface area contributed by atoms with Crippen molar-refractivity contribution in [2.45, 2.75) is 24.4 Å². The second-order valence-corrected chi connectivity index (χ2v) is 4.37. The summed E-state index contributed by atoms with van der Waals surface area (Å²) in [6.45, 7) is -0.335. The van der Waals surface area contributed by atoms with Crippen LogP contribution < -0.4 is 0 Å². The maximum absolute atomic E-state index is 9.95. The van der Waals surface area contributed by atoms with E-state index >= 15 is 0 Å². The van der Waals surface area contributed by atoms with E-state index in [4.69, 9.17) is 9.84 Å². The summed E-state index contributed by atoms with van der Waals surface area (Å²) in [5.41, 5.74) is 0.880. The van der Waals surface area contributed by atoms with E-state index in [1.165, 1.54) is 0 Å². The molecule has 3 rings (SSSR count). The maximum atomic E-state index is 9.95. The molecule has 1 aliphatic heterocycles. The quantitative estimate of drug-likeness (QED) is 0.668. The molecular weight excluding hydrogens is 236 g/mol. The molecule has 3 N–H and O–H groups in total. The number of aliphatic hydroxyl groups excluding tert-OH is 3. The summed E-state index contributed by atoms with van der Waals surface area (Å²) in [4.78, 5) is 4.22. The van der Waals surface area contributed by atoms with Crippen molar-refractivity contribution >= 4 is 5.52 Å². The first-order valence-electron chi connectivity index (χ1n) is 5.77. The minimum atomic E-state index is -1.10. The number of fused-ring (bicyclic) bond motifs is 1. The van der Waals surface area contributed by atoms with Crippen LogP contribution in [-0.4, -0.2) is 49.6 Å². The molecule has 0 radical (unpaired) electrons. The summed E-state index contributed by atoms with van der Waals surface area (Å²) >= 11 is 0. The van der Waals surface area contributed by atoms with Gasteiger partial charge in [-0.2, -0.15) is 0 Å². The Morgan fingerprint density at radius 2 is 2.11 bits per heavy atom. The zero-order valence-corrected chi connectivity index (χ0v) is 9.55. The Hall–Kier alpha value is -1.47. The molecule has 4 unspecified atom stereocenters. The van der Waals surface area contributed by atoms with Gasteiger partial charge in [0.1, 0.15) is 30.2 Å². The smallest absolute Gasteiger partial charge is 0.145 e. The zero-order chi connectivity index (χ0) is 12.7. The molecule has 4 atom stereocenters. The van der Waals surface area contributed by atoms with Gasteiger partial charge in [0.05, 0.1) is 18.3 Å². The zero-order valence-electron chi connectivity index (χ0n) is 9.55. The molecule has 96 valence electrons. The Balaban J connectivity index is 2.00. The van der Waals surface area contributed by atoms with Gasteiger partial charge in [-0.15, -0.1) is 0 Å². The van der Waals surface area contributed by atoms with Crippen molar-refractivity contribution < 1.29 is 20.1 Å². The first-order chi connectivity index (χ1) is 8.72. The molecule has 0 spiro atoms. The van der Waals surface area contributed by atoms with Gasteiger partial charge in [-0.25, -0.2) is 4.98 Å². The molecule has 0 aromatic carbocycles. The van der Waals surface area contributed by atoms with Crippen molar-refractivity contribution in [3.05, 3.63) is 36.4 Å². The molecule has 0 saturated carbocycles. The monoisotopic (exact) mass is 250 g/mol. The van der Waals surface area contributed by atoms with Gasteiger partial charge in [-0.05, 0) is 12.1 Å². The van der Waals surface area contributed by atoms with Crippen LogP contribution in [0.2, 0.25) is 0 Å². The van der Waals surface area contributed by atoms with Crippen molar-refractivity contribution in [1.82, 2.24) is 9.38 Å². The molecule has 0 bridgehead atoms. The number of aliphatic hydroxyl groups is 3. The highest BCUT2D eigenvalue weighted by atomic mass is 16.6. The summed E-state index contributed by atoms with van der Waals surface area (Å²) < 4.78 is 7.25. The molecule has 6 heteroatoms. The average Bonchev–Trinajstić information content (AvgIpc) is 2.93. The standard InChI is InChI=1S/C12H14N2O4/c15-6-8-9(16)10(17)11(18-8)12-13-5-7-3-1-2-4-14(7)12/h1-5,8-11,15-17H,6H2. The molecule has 6 nitrogen and oxygen atoms in total. The van der Waals surface area contributed by atoms with Gasteiger partial charge < -0.3 is 24.5 Å². The molecule has 18 heavy (non-hydrogen) atoms. The maximum Gasteiger partial charge on any atom is 0.145 e. The van der Waals surface area contributed by atoms with Gasteiger partial charge in [0.25, 0.3) is 0 Å². The number of hydrogen-bond acceptors (Lipinski definition) is 5. The third-order valence-corrected chi connectivity index (χ3v) is 3.26. The van der Waals surface area contributed by atoms with Gasteiger partial charge >= 0.3 is 0 Å². The van der Waals surface area contributed by atoms with Crippen LogP contribution in [0.25, 0.3) is 5.52 Å². The van der Waals surface area contributed by atoms with Crippen molar-refractivity contribution in [1.29, 1.82) is 0 Å². The molecule has 2 aromatic rings. The minimum Gasteiger partial charge on any atom is -0.394 e. The third-order valence-electron chi connectivity index (χ3n) is 3.26. The van der Waals surface area contributed by atoms with E-state index in [0.717, 1.165) is 5.52 Å². The molecule has 1 fully saturated rings. The molecule has 1 aliphatic rings. The fourth-order valence-corrected chi connectivity index (χ4v) is 2.29. The van der Waals surface area contributed by atoms with Crippen LogP contribution in [0.1, 0.15) is 11.9 Å². The van der Waals surface area contributed by atoms with Crippen LogP contribution in [0.3, 0.4) is 0 Å². The van der Waals surface area contributed by atoms with Crippen LogP contribution in [0.5, 0.6) is 0 Å². The number of hydrogen-bond donors (Lipinski definition) is 3. The van der Waals surface area contributed by atoms with E-state index in [2.05, 4.69) is 4.98 Å². The first kappa shape index (κ1) is 11.6. The number of rotatable bonds is 2. The highest BCUT2D eigenvalue weighted by molar-refractivity contribution is 5.45. The normalized spacial score (nSPS) is 32.2. The Labute approximate surface area is 103 Å². The van der Waals surface area contributed by atoms with Gasteiger partial charge in [0, 0.05) is 6.20 Å². The lowest BCUT2D eigenvalue weighted by molar-refractivity contribution is -0.0254. The summed E-state index contributed by atoms with van der Waals surface area (Å²) in [7, 11) is 0. The lowest BCUT2D eigenvalue weighted by atomic mass is 10.1. The Bertz CT molecular complexity index is 556. The van der Waals surface area contributed by atoms with E-state index in [9.17, 15) is 10.2 Å². The predicted molar refractivity (Wildman–Crippen MR) is 61.9 cm³/mol. The van der Waals surface area contributed by atoms with Crippen LogP contribution >= 0.6 is 0 Å². The number of pyridine rings is 1. The lowest BCUT2D eigenvalue weighted by Gasteiger charge is -2.13. The van der Waals surface area contributed by atoms with Gasteiger partial charge in [0.2, 0.25) is 0 Å². The van der Waals surface area contributed by atoms with Crippen LogP contribution in [0.4, 0.5) is 0 Å². The van der Waals surface area contributed by atoms with Crippen molar-refractivity contribution in [3.63, 3.8) is 0 Å². The van der Waals surface area contributed by atoms with Crippen molar-refractivity contribution in [3.8, 4) is 0 Å². The van der Waals surface area contributed by atoms with Gasteiger partial charge in [-0.3, -0.25) is 0 Å². The van der Waals surface area contributed by atoms with E-state index in [0.29, 0.717) is 5.82 Å². The Kier molecular flexibility index (Phi) is 2.79. The largest absolute Gasteiger partial charge is 0.394 e. The van der Waals surface area contributed by atoms with E-state index in [-0.39, 0.29) is 6.61 Å². The molecule has 0 aliphatic carbocycles. The number of aromatic nitrogens is 2. The number of nitrogens with zero attached hydrogens (tertiary/aromatic N) is 2. The van der Waals surface area contributed by atoms with Gasteiger partial charge in [0.15, 0.2) is 0 Å². The highest BCUT2D eigenvalue weighted by Crippen LogP contribution is 2.32. The molecule has 0 amide bonds. The summed E-state index contributed by atoms with van der Waals surface area (Å²) in [6, 6.07) is 5.62. The summed E-state index contributed by atoms with van der Waals surface area (Å²) in [5, 5.41) is 28.7. The Morgan fingerprint density at radius 3 is 2.83 bits per heavy atom. The molecule has 1 saturated heterocycles. The fourth-order valence-electron chi connectivity index (χ4n) is 2.29.